The molecule has 3 rings (SSSR count). The van der Waals surface area contributed by atoms with Crippen LogP contribution in [0, 0.1) is 6.92 Å². The highest BCUT2D eigenvalue weighted by Crippen LogP contribution is 2.37. The summed E-state index contributed by atoms with van der Waals surface area (Å²) in [6.45, 7) is 3.88. The number of nitrogens with zero attached hydrogens (tertiary/aromatic N) is 1. The Morgan fingerprint density at radius 1 is 1.21 bits per heavy atom. The van der Waals surface area contributed by atoms with Gasteiger partial charge in [0.15, 0.2) is 0 Å². The van der Waals surface area contributed by atoms with Crippen molar-refractivity contribution in [3.63, 3.8) is 0 Å². The smallest absolute Gasteiger partial charge is 0.452 e. The lowest BCUT2D eigenvalue weighted by Crippen LogP contribution is -2.13. The molecule has 28 heavy (non-hydrogen) atoms. The van der Waals surface area contributed by atoms with Gasteiger partial charge in [-0.25, -0.2) is 8.42 Å². The van der Waals surface area contributed by atoms with E-state index >= 15 is 0 Å². The Kier molecular flexibility index (Phi) is 5.39. The normalized spacial score (nSPS) is 12.2. The van der Waals surface area contributed by atoms with Crippen LogP contribution in [0.3, 0.4) is 0 Å². The summed E-state index contributed by atoms with van der Waals surface area (Å²) in [6, 6.07) is 8.37. The molecule has 0 amide bonds. The average Bonchev–Trinajstić information content (AvgIpc) is 3.23. The van der Waals surface area contributed by atoms with Gasteiger partial charge in [-0.3, -0.25) is 4.72 Å². The molecule has 0 radical (unpaired) electrons. The van der Waals surface area contributed by atoms with Gasteiger partial charge in [-0.05, 0) is 44.2 Å². The van der Waals surface area contributed by atoms with E-state index in [0.29, 0.717) is 22.9 Å². The van der Waals surface area contributed by atoms with Crippen molar-refractivity contribution in [1.82, 2.24) is 5.16 Å². The third-order valence-electron chi connectivity index (χ3n) is 3.62. The van der Waals surface area contributed by atoms with Gasteiger partial charge < -0.3 is 9.26 Å². The molecular formula is C17H15F3N2O4S2. The number of thiophene rings is 1. The monoisotopic (exact) mass is 432 g/mol. The molecule has 2 heterocycles. The first-order valence-corrected chi connectivity index (χ1v) is 10.3. The average molecular weight is 432 g/mol. The van der Waals surface area contributed by atoms with Crippen LogP contribution in [0.4, 0.5) is 18.9 Å². The number of hydrogen-bond acceptors (Lipinski definition) is 6. The van der Waals surface area contributed by atoms with Crippen LogP contribution in [0.25, 0.3) is 10.6 Å². The van der Waals surface area contributed by atoms with Crippen molar-refractivity contribution in [2.24, 2.45) is 0 Å². The molecule has 1 N–H and O–H groups in total. The summed E-state index contributed by atoms with van der Waals surface area (Å²) in [5, 5.41) is 3.39. The van der Waals surface area contributed by atoms with Crippen LogP contribution < -0.4 is 9.46 Å². The number of nitrogens with one attached hydrogen (secondary N) is 1. The molecule has 3 aromatic rings. The Morgan fingerprint density at radius 3 is 2.46 bits per heavy atom. The van der Waals surface area contributed by atoms with Crippen molar-refractivity contribution in [1.29, 1.82) is 0 Å². The van der Waals surface area contributed by atoms with Gasteiger partial charge in [-0.2, -0.15) is 13.2 Å². The van der Waals surface area contributed by atoms with Crippen LogP contribution in [0.2, 0.25) is 0 Å². The molecule has 0 saturated carbocycles. The molecule has 150 valence electrons. The summed E-state index contributed by atoms with van der Waals surface area (Å²) < 4.78 is 75.4. The number of rotatable bonds is 6. The second-order valence-corrected chi connectivity index (χ2v) is 8.58. The quantitative estimate of drug-likeness (QED) is 0.597. The lowest BCUT2D eigenvalue weighted by Gasteiger charge is -2.08. The van der Waals surface area contributed by atoms with Crippen molar-refractivity contribution in [2.45, 2.75) is 24.9 Å². The van der Waals surface area contributed by atoms with Gasteiger partial charge in [0.1, 0.15) is 16.3 Å². The molecule has 0 aliphatic carbocycles. The Balaban J connectivity index is 1.86. The van der Waals surface area contributed by atoms with Gasteiger partial charge in [-0.15, -0.1) is 11.3 Å². The molecule has 0 aliphatic rings. The number of benzene rings is 1. The molecule has 0 unspecified atom stereocenters. The lowest BCUT2D eigenvalue weighted by molar-refractivity contribution is -0.155. The van der Waals surface area contributed by atoms with E-state index in [1.807, 2.05) is 6.92 Å². The highest BCUT2D eigenvalue weighted by Gasteiger charge is 2.36. The van der Waals surface area contributed by atoms with Crippen LogP contribution in [0.1, 0.15) is 17.6 Å². The Morgan fingerprint density at radius 2 is 1.89 bits per heavy atom. The number of aromatic nitrogens is 1. The number of aryl methyl sites for hydroxylation is 1. The fourth-order valence-electron chi connectivity index (χ4n) is 2.38. The molecule has 0 bridgehead atoms. The number of alkyl halides is 3. The maximum atomic E-state index is 12.7. The number of ether oxygens (including phenoxy) is 1. The standard InChI is InChI=1S/C17H15F3N2O4S2/c1-3-25-12-6-4-11(5-7-12)22-28(23,24)15-9-14(27-10(15)2)13-8-16(26-21-13)17(18,19)20/h4-9,22H,3H2,1-2H3. The highest BCUT2D eigenvalue weighted by molar-refractivity contribution is 7.93. The van der Waals surface area contributed by atoms with Gasteiger partial charge >= 0.3 is 6.18 Å². The molecule has 6 nitrogen and oxygen atoms in total. The minimum absolute atomic E-state index is 0.0436. The van der Waals surface area contributed by atoms with Gasteiger partial charge in [0, 0.05) is 16.6 Å². The van der Waals surface area contributed by atoms with Crippen molar-refractivity contribution >= 4 is 27.0 Å². The predicted molar refractivity (Wildman–Crippen MR) is 98.0 cm³/mol. The maximum absolute atomic E-state index is 12.7. The van der Waals surface area contributed by atoms with Gasteiger partial charge in [0.2, 0.25) is 5.76 Å². The molecule has 0 spiro atoms. The predicted octanol–water partition coefficient (Wildman–Crippen LogP) is 4.93. The Labute approximate surface area is 163 Å². The fraction of sp³-hybridized carbons (Fsp3) is 0.235. The summed E-state index contributed by atoms with van der Waals surface area (Å²) in [6.07, 6.45) is -4.67. The third kappa shape index (κ3) is 4.30. The number of hydrogen-bond donors (Lipinski definition) is 1. The van der Waals surface area contributed by atoms with Crippen LogP contribution in [-0.2, 0) is 16.2 Å². The second kappa shape index (κ2) is 7.47. The van der Waals surface area contributed by atoms with Crippen molar-refractivity contribution in [3.8, 4) is 16.3 Å². The first-order valence-electron chi connectivity index (χ1n) is 8.00. The van der Waals surface area contributed by atoms with Crippen molar-refractivity contribution in [2.75, 3.05) is 11.3 Å². The van der Waals surface area contributed by atoms with E-state index in [1.54, 1.807) is 31.2 Å². The van der Waals surface area contributed by atoms with Crippen molar-refractivity contribution in [3.05, 3.63) is 47.0 Å². The van der Waals surface area contributed by atoms with E-state index in [9.17, 15) is 21.6 Å². The molecule has 2 aromatic heterocycles. The second-order valence-electron chi connectivity index (χ2n) is 5.67. The zero-order chi connectivity index (χ0) is 20.5. The van der Waals surface area contributed by atoms with Crippen molar-refractivity contribution < 1.29 is 30.8 Å². The molecule has 11 heteroatoms. The van der Waals surface area contributed by atoms with Gasteiger partial charge in [0.25, 0.3) is 10.0 Å². The molecule has 0 fully saturated rings. The van der Waals surface area contributed by atoms with E-state index in [0.717, 1.165) is 17.4 Å². The van der Waals surface area contributed by atoms with E-state index in [4.69, 9.17) is 4.74 Å². The summed E-state index contributed by atoms with van der Waals surface area (Å²) in [5.74, 6) is -0.642. The molecular weight excluding hydrogens is 417 g/mol. The van der Waals surface area contributed by atoms with Gasteiger partial charge in [-0.1, -0.05) is 5.16 Å². The number of sulfonamides is 1. The largest absolute Gasteiger partial charge is 0.494 e. The fourth-order valence-corrected chi connectivity index (χ4v) is 4.98. The van der Waals surface area contributed by atoms with Crippen LogP contribution >= 0.6 is 11.3 Å². The lowest BCUT2D eigenvalue weighted by atomic mass is 10.3. The summed E-state index contributed by atoms with van der Waals surface area (Å²) in [4.78, 5) is 0.617. The van der Waals surface area contributed by atoms with E-state index in [-0.39, 0.29) is 15.5 Å². The maximum Gasteiger partial charge on any atom is 0.452 e. The molecule has 1 aromatic carbocycles. The Bertz CT molecular complexity index is 1070. The summed E-state index contributed by atoms with van der Waals surface area (Å²) in [5.41, 5.74) is 0.249. The van der Waals surface area contributed by atoms with E-state index < -0.39 is 22.0 Å². The van der Waals surface area contributed by atoms with E-state index in [2.05, 4.69) is 14.4 Å². The third-order valence-corrected chi connectivity index (χ3v) is 6.33. The summed E-state index contributed by atoms with van der Waals surface area (Å²) in [7, 11) is -3.94. The van der Waals surface area contributed by atoms with Crippen LogP contribution in [0.15, 0.2) is 45.8 Å². The van der Waals surface area contributed by atoms with Crippen LogP contribution in [0.5, 0.6) is 5.75 Å². The van der Waals surface area contributed by atoms with Crippen LogP contribution in [-0.4, -0.2) is 20.2 Å². The SMILES string of the molecule is CCOc1ccc(NS(=O)(=O)c2cc(-c3cc(C(F)(F)F)on3)sc2C)cc1. The molecule has 0 atom stereocenters. The molecule has 0 aliphatic heterocycles. The zero-order valence-corrected chi connectivity index (χ0v) is 16.3. The molecule has 0 saturated heterocycles. The minimum Gasteiger partial charge on any atom is -0.494 e. The van der Waals surface area contributed by atoms with Gasteiger partial charge in [0.05, 0.1) is 11.5 Å². The number of anilines is 1. The Hall–Kier alpha value is -2.53. The minimum atomic E-state index is -4.67. The zero-order valence-electron chi connectivity index (χ0n) is 14.7. The topological polar surface area (TPSA) is 81.4 Å². The first kappa shape index (κ1) is 20.2. The highest BCUT2D eigenvalue weighted by atomic mass is 32.2. The van der Waals surface area contributed by atoms with E-state index in [1.165, 1.54) is 6.07 Å². The first-order chi connectivity index (χ1) is 13.1. The number of halogens is 3. The summed E-state index contributed by atoms with van der Waals surface area (Å²) >= 11 is 1.01.